The Morgan fingerprint density at radius 3 is 2.71 bits per heavy atom. The van der Waals surface area contributed by atoms with Crippen molar-refractivity contribution in [3.63, 3.8) is 0 Å². The fraction of sp³-hybridized carbons (Fsp3) is 0.500. The van der Waals surface area contributed by atoms with Gasteiger partial charge in [-0.15, -0.1) is 0 Å². The van der Waals surface area contributed by atoms with E-state index in [9.17, 15) is 4.79 Å². The summed E-state index contributed by atoms with van der Waals surface area (Å²) >= 11 is 0. The Morgan fingerprint density at radius 2 is 2.18 bits per heavy atom. The normalized spacial score (nSPS) is 16.8. The second-order valence-corrected chi connectivity index (χ2v) is 4.12. The number of nitrogens with zero attached hydrogens (tertiary/aromatic N) is 3. The molecule has 0 aromatic carbocycles. The highest BCUT2D eigenvalue weighted by Gasteiger charge is 2.23. The number of carbonyl (C=O) groups excluding carboxylic acids is 1. The molecule has 1 fully saturated rings. The smallest absolute Gasteiger partial charge is 0.257 e. The molecule has 90 valence electrons. The van der Waals surface area contributed by atoms with Crippen molar-refractivity contribution in [2.75, 3.05) is 32.7 Å². The molecule has 0 bridgehead atoms. The van der Waals surface area contributed by atoms with Gasteiger partial charge in [0.15, 0.2) is 0 Å². The van der Waals surface area contributed by atoms with E-state index in [0.717, 1.165) is 13.1 Å². The summed E-state index contributed by atoms with van der Waals surface area (Å²) in [5.41, 5.74) is 0.638. The van der Waals surface area contributed by atoms with Gasteiger partial charge in [-0.1, -0.05) is 0 Å². The monoisotopic (exact) mass is 233 g/mol. The van der Waals surface area contributed by atoms with Crippen LogP contribution in [0.1, 0.15) is 16.1 Å². The highest BCUT2D eigenvalue weighted by Crippen LogP contribution is 2.13. The van der Waals surface area contributed by atoms with Gasteiger partial charge in [0, 0.05) is 26.2 Å². The van der Waals surface area contributed by atoms with Crippen LogP contribution in [0.2, 0.25) is 0 Å². The summed E-state index contributed by atoms with van der Waals surface area (Å²) in [6.45, 7) is 5.09. The van der Waals surface area contributed by atoms with Crippen molar-refractivity contribution in [3.8, 4) is 6.07 Å². The van der Waals surface area contributed by atoms with E-state index in [4.69, 9.17) is 9.68 Å². The lowest BCUT2D eigenvalue weighted by atomic mass is 10.2. The number of nitriles is 1. The minimum absolute atomic E-state index is 0.0212. The molecule has 0 spiro atoms. The van der Waals surface area contributed by atoms with Gasteiger partial charge in [-0.3, -0.25) is 9.69 Å². The molecule has 1 aliphatic heterocycles. The molecular weight excluding hydrogens is 218 g/mol. The Bertz CT molecular complexity index is 439. The average Bonchev–Trinajstić information content (AvgIpc) is 2.76. The molecule has 0 unspecified atom stereocenters. The molecule has 0 saturated carbocycles. The van der Waals surface area contributed by atoms with Crippen molar-refractivity contribution < 1.29 is 9.21 Å². The fourth-order valence-corrected chi connectivity index (χ4v) is 1.99. The second kappa shape index (κ2) is 5.02. The van der Waals surface area contributed by atoms with Crippen LogP contribution < -0.4 is 0 Å². The van der Waals surface area contributed by atoms with E-state index in [0.29, 0.717) is 31.0 Å². The molecule has 2 rings (SSSR count). The number of amides is 1. The molecule has 1 saturated heterocycles. The van der Waals surface area contributed by atoms with Gasteiger partial charge < -0.3 is 9.32 Å². The molecule has 2 heterocycles. The average molecular weight is 233 g/mol. The largest absolute Gasteiger partial charge is 0.469 e. The van der Waals surface area contributed by atoms with E-state index in [2.05, 4.69) is 6.07 Å². The summed E-state index contributed by atoms with van der Waals surface area (Å²) in [4.78, 5) is 16.0. The number of carbonyl (C=O) groups is 1. The van der Waals surface area contributed by atoms with E-state index in [1.54, 1.807) is 13.0 Å². The van der Waals surface area contributed by atoms with Crippen molar-refractivity contribution in [1.82, 2.24) is 9.80 Å². The molecule has 0 N–H and O–H groups in total. The third kappa shape index (κ3) is 2.48. The highest BCUT2D eigenvalue weighted by molar-refractivity contribution is 5.95. The first kappa shape index (κ1) is 11.7. The predicted octanol–water partition coefficient (Wildman–Crippen LogP) is 0.869. The van der Waals surface area contributed by atoms with Crippen LogP contribution in [0.25, 0.3) is 0 Å². The van der Waals surface area contributed by atoms with E-state index < -0.39 is 0 Å². The summed E-state index contributed by atoms with van der Waals surface area (Å²) < 4.78 is 5.14. The van der Waals surface area contributed by atoms with Gasteiger partial charge in [0.25, 0.3) is 5.91 Å². The Balaban J connectivity index is 1.96. The molecule has 1 amide bonds. The first-order chi connectivity index (χ1) is 8.22. The van der Waals surface area contributed by atoms with Crippen LogP contribution in [0, 0.1) is 18.3 Å². The maximum Gasteiger partial charge on any atom is 0.257 e. The first-order valence-electron chi connectivity index (χ1n) is 5.65. The molecule has 5 heteroatoms. The van der Waals surface area contributed by atoms with E-state index in [-0.39, 0.29) is 5.91 Å². The second-order valence-electron chi connectivity index (χ2n) is 4.12. The van der Waals surface area contributed by atoms with Crippen molar-refractivity contribution in [1.29, 1.82) is 5.26 Å². The van der Waals surface area contributed by atoms with Crippen LogP contribution in [0.3, 0.4) is 0 Å². The van der Waals surface area contributed by atoms with Crippen molar-refractivity contribution >= 4 is 5.91 Å². The molecule has 1 aliphatic rings. The first-order valence-corrected chi connectivity index (χ1v) is 5.65. The molecule has 5 nitrogen and oxygen atoms in total. The van der Waals surface area contributed by atoms with Gasteiger partial charge in [-0.05, 0) is 13.0 Å². The maximum atomic E-state index is 12.1. The molecule has 0 radical (unpaired) electrons. The fourth-order valence-electron chi connectivity index (χ4n) is 1.99. The molecule has 1 aromatic rings. The Labute approximate surface area is 100 Å². The van der Waals surface area contributed by atoms with Crippen molar-refractivity contribution in [2.24, 2.45) is 0 Å². The van der Waals surface area contributed by atoms with Crippen LogP contribution in [0.5, 0.6) is 0 Å². The zero-order valence-corrected chi connectivity index (χ0v) is 9.85. The van der Waals surface area contributed by atoms with Crippen LogP contribution >= 0.6 is 0 Å². The van der Waals surface area contributed by atoms with Gasteiger partial charge in [0.05, 0.1) is 24.4 Å². The predicted molar refractivity (Wildman–Crippen MR) is 61.4 cm³/mol. The van der Waals surface area contributed by atoms with Gasteiger partial charge in [0.1, 0.15) is 5.76 Å². The van der Waals surface area contributed by atoms with Crippen molar-refractivity contribution in [3.05, 3.63) is 23.7 Å². The van der Waals surface area contributed by atoms with Crippen LogP contribution in [-0.2, 0) is 0 Å². The molecule has 17 heavy (non-hydrogen) atoms. The number of hydrogen-bond acceptors (Lipinski definition) is 4. The van der Waals surface area contributed by atoms with Crippen molar-refractivity contribution in [2.45, 2.75) is 6.92 Å². The Kier molecular flexibility index (Phi) is 3.45. The van der Waals surface area contributed by atoms with E-state index in [1.165, 1.54) is 6.26 Å². The molecule has 0 atom stereocenters. The zero-order valence-electron chi connectivity index (χ0n) is 9.85. The summed E-state index contributed by atoms with van der Waals surface area (Å²) in [5, 5.41) is 8.60. The van der Waals surface area contributed by atoms with Crippen LogP contribution in [0.4, 0.5) is 0 Å². The number of hydrogen-bond donors (Lipinski definition) is 0. The summed E-state index contributed by atoms with van der Waals surface area (Å²) in [6, 6.07) is 3.83. The minimum atomic E-state index is 0.0212. The van der Waals surface area contributed by atoms with Gasteiger partial charge in [0.2, 0.25) is 0 Å². The van der Waals surface area contributed by atoms with Crippen LogP contribution in [-0.4, -0.2) is 48.4 Å². The van der Waals surface area contributed by atoms with E-state index >= 15 is 0 Å². The number of aryl methyl sites for hydroxylation is 1. The maximum absolute atomic E-state index is 12.1. The van der Waals surface area contributed by atoms with E-state index in [1.807, 2.05) is 9.80 Å². The van der Waals surface area contributed by atoms with Gasteiger partial charge >= 0.3 is 0 Å². The molecular formula is C12H15N3O2. The lowest BCUT2D eigenvalue weighted by Gasteiger charge is -2.33. The molecule has 1 aromatic heterocycles. The number of piperazine rings is 1. The lowest BCUT2D eigenvalue weighted by Crippen LogP contribution is -2.48. The van der Waals surface area contributed by atoms with Gasteiger partial charge in [-0.2, -0.15) is 5.26 Å². The van der Waals surface area contributed by atoms with Crippen LogP contribution in [0.15, 0.2) is 16.7 Å². The summed E-state index contributed by atoms with van der Waals surface area (Å²) in [6.07, 6.45) is 1.54. The summed E-state index contributed by atoms with van der Waals surface area (Å²) in [5.74, 6) is 0.683. The number of rotatable bonds is 2. The SMILES string of the molecule is Cc1occc1C(=O)N1CCN(CC#N)CC1. The third-order valence-electron chi connectivity index (χ3n) is 3.04. The Hall–Kier alpha value is -1.80. The highest BCUT2D eigenvalue weighted by atomic mass is 16.3. The molecule has 0 aliphatic carbocycles. The quantitative estimate of drug-likeness (QED) is 0.711. The minimum Gasteiger partial charge on any atom is -0.469 e. The third-order valence-corrected chi connectivity index (χ3v) is 3.04. The standard InChI is InChI=1S/C12H15N3O2/c1-10-11(2-9-17-10)12(16)15-7-5-14(4-3-13)6-8-15/h2,9H,4-8H2,1H3. The zero-order chi connectivity index (χ0) is 12.3. The summed E-state index contributed by atoms with van der Waals surface area (Å²) in [7, 11) is 0. The topological polar surface area (TPSA) is 60.5 Å². The number of furan rings is 1. The lowest BCUT2D eigenvalue weighted by molar-refractivity contribution is 0.0650. The Morgan fingerprint density at radius 1 is 1.47 bits per heavy atom. The van der Waals surface area contributed by atoms with Gasteiger partial charge in [-0.25, -0.2) is 0 Å².